The highest BCUT2D eigenvalue weighted by atomic mass is 32.2. The maximum absolute atomic E-state index is 14.7. The predicted octanol–water partition coefficient (Wildman–Crippen LogP) is 3.71. The maximum atomic E-state index is 14.7. The van der Waals surface area contributed by atoms with Crippen LogP contribution in [-0.2, 0) is 9.59 Å². The molecule has 0 spiro atoms. The molecule has 0 saturated heterocycles. The smallest absolute Gasteiger partial charge is 0.332 e. The molecule has 5 nitrogen and oxygen atoms in total. The average Bonchev–Trinajstić information content (AvgIpc) is 3.17. The summed E-state index contributed by atoms with van der Waals surface area (Å²) in [6.45, 7) is 0. The second kappa shape index (κ2) is 7.79. The largest absolute Gasteiger partial charge is 0.497 e. The van der Waals surface area contributed by atoms with Gasteiger partial charge in [0.1, 0.15) is 23.1 Å². The van der Waals surface area contributed by atoms with Crippen molar-refractivity contribution in [3.8, 4) is 16.9 Å². The van der Waals surface area contributed by atoms with Gasteiger partial charge in [-0.2, -0.15) is 11.8 Å². The van der Waals surface area contributed by atoms with Crippen LogP contribution < -0.4 is 10.1 Å². The van der Waals surface area contributed by atoms with Crippen LogP contribution in [0.4, 0.5) is 14.5 Å². The third-order valence-corrected chi connectivity index (χ3v) is 4.70. The van der Waals surface area contributed by atoms with Gasteiger partial charge in [-0.25, -0.2) is 13.6 Å². The van der Waals surface area contributed by atoms with Crippen molar-refractivity contribution < 1.29 is 36.4 Å². The number of aliphatic carboxylic acids is 1. The van der Waals surface area contributed by atoms with Crippen LogP contribution in [-0.4, -0.2) is 35.5 Å². The fourth-order valence-electron chi connectivity index (χ4n) is 2.42. The number of carbonyl (C=O) groups is 2. The van der Waals surface area contributed by atoms with E-state index in [0.29, 0.717) is 0 Å². The molecule has 0 aliphatic carbocycles. The normalized spacial score (nSPS) is 17.3. The molecule has 0 saturated carbocycles. The number of hydrogen-bond acceptors (Lipinski definition) is 4. The first-order chi connectivity index (χ1) is 15.3. The van der Waals surface area contributed by atoms with E-state index in [4.69, 9.17) is 13.3 Å². The summed E-state index contributed by atoms with van der Waals surface area (Å²) in [6, 6.07) is 0.561. The fourth-order valence-corrected chi connectivity index (χ4v) is 3.53. The number of nitrogens with one attached hydrogen (secondary N) is 1. The Morgan fingerprint density at radius 1 is 1.22 bits per heavy atom. The van der Waals surface area contributed by atoms with Crippen LogP contribution >= 0.6 is 11.8 Å². The summed E-state index contributed by atoms with van der Waals surface area (Å²) in [7, 11) is -3.00. The Kier molecular flexibility index (Phi) is 3.61. The molecule has 0 unspecified atom stereocenters. The van der Waals surface area contributed by atoms with E-state index in [2.05, 4.69) is 4.74 Å². The molecule has 2 aromatic rings. The Morgan fingerprint density at radius 2 is 1.93 bits per heavy atom. The molecule has 0 bridgehead atoms. The summed E-state index contributed by atoms with van der Waals surface area (Å²) in [5, 5.41) is 11.2. The Morgan fingerprint density at radius 3 is 2.59 bits per heavy atom. The van der Waals surface area contributed by atoms with Crippen LogP contribution in [0.2, 0.25) is 0 Å². The van der Waals surface area contributed by atoms with Crippen LogP contribution in [0.1, 0.15) is 8.22 Å². The lowest BCUT2D eigenvalue weighted by molar-refractivity contribution is -0.132. The number of halogens is 2. The number of carboxylic acids is 1. The minimum atomic E-state index is -3.00. The van der Waals surface area contributed by atoms with Crippen molar-refractivity contribution in [2.24, 2.45) is 0 Å². The van der Waals surface area contributed by atoms with E-state index in [1.807, 2.05) is 5.32 Å². The lowest BCUT2D eigenvalue weighted by Crippen LogP contribution is -2.19. The molecule has 0 aromatic heterocycles. The first kappa shape index (κ1) is 12.5. The molecule has 0 atom stereocenters. The number of amides is 1. The molecule has 27 heavy (non-hydrogen) atoms. The third-order valence-electron chi connectivity index (χ3n) is 3.72. The van der Waals surface area contributed by atoms with Gasteiger partial charge in [0, 0.05) is 17.1 Å². The molecule has 2 aromatic carbocycles. The average molecular weight is 397 g/mol. The number of ether oxygens (including phenoxy) is 1. The van der Waals surface area contributed by atoms with Gasteiger partial charge in [0.15, 0.2) is 0 Å². The molecule has 1 amide bonds. The molecule has 1 aliphatic rings. The van der Waals surface area contributed by atoms with Gasteiger partial charge in [0.05, 0.1) is 20.8 Å². The summed E-state index contributed by atoms with van der Waals surface area (Å²) < 4.78 is 79.5. The van der Waals surface area contributed by atoms with Crippen molar-refractivity contribution in [1.29, 1.82) is 0 Å². The van der Waals surface area contributed by atoms with E-state index >= 15 is 0 Å². The van der Waals surface area contributed by atoms with Crippen LogP contribution in [0.3, 0.4) is 0 Å². The first-order valence-corrected chi connectivity index (χ1v) is 8.59. The Bertz CT molecular complexity index is 1180. The molecular weight excluding hydrogens is 376 g/mol. The number of carboxylic acid groups (broad SMARTS) is 1. The van der Waals surface area contributed by atoms with Gasteiger partial charge in [0.2, 0.25) is 0 Å². The minimum absolute atomic E-state index is 0.0605. The van der Waals surface area contributed by atoms with Gasteiger partial charge in [-0.3, -0.25) is 4.79 Å². The number of benzene rings is 2. The van der Waals surface area contributed by atoms with Gasteiger partial charge in [-0.1, -0.05) is 12.1 Å². The van der Waals surface area contributed by atoms with Crippen molar-refractivity contribution in [2.75, 3.05) is 23.9 Å². The van der Waals surface area contributed by atoms with Crippen molar-refractivity contribution >= 4 is 29.3 Å². The van der Waals surface area contributed by atoms with Gasteiger partial charge < -0.3 is 15.2 Å². The summed E-state index contributed by atoms with van der Waals surface area (Å²) in [5.41, 5.74) is -1.84. The molecule has 140 valence electrons. The highest BCUT2D eigenvalue weighted by Crippen LogP contribution is 2.31. The summed E-state index contributed by atoms with van der Waals surface area (Å²) in [5.74, 6) is -5.37. The Labute approximate surface area is 166 Å². The second-order valence-electron chi connectivity index (χ2n) is 5.39. The van der Waals surface area contributed by atoms with E-state index in [1.54, 1.807) is 0 Å². The quantitative estimate of drug-likeness (QED) is 0.805. The Balaban J connectivity index is 2.02. The van der Waals surface area contributed by atoms with E-state index in [9.17, 15) is 18.4 Å². The Hall–Kier alpha value is -2.87. The van der Waals surface area contributed by atoms with Gasteiger partial charge in [-0.15, -0.1) is 0 Å². The zero-order valence-corrected chi connectivity index (χ0v) is 14.3. The standard InChI is InChI=1S/C19H15F2NO4S/c1-26-12-4-2-3-10(5-12)11-6-15(20)17(16(21)7-11)22-18(23)13-8-27-9-14(13)19(24)25/h2-7H,8-9H2,1H3,(H,22,23)(H,24,25)/i1D3,3D,4D,5D. The molecule has 0 radical (unpaired) electrons. The molecule has 0 fully saturated rings. The lowest BCUT2D eigenvalue weighted by atomic mass is 10.0. The molecular formula is C19H15F2NO4S. The second-order valence-corrected chi connectivity index (χ2v) is 6.37. The summed E-state index contributed by atoms with van der Waals surface area (Å²) >= 11 is 1.16. The highest BCUT2D eigenvalue weighted by molar-refractivity contribution is 8.00. The molecule has 8 heteroatoms. The van der Waals surface area contributed by atoms with Crippen molar-refractivity contribution in [3.63, 3.8) is 0 Å². The fraction of sp³-hybridized carbons (Fsp3) is 0.158. The third kappa shape index (κ3) is 3.95. The number of rotatable bonds is 5. The first-order valence-electron chi connectivity index (χ1n) is 10.4. The summed E-state index contributed by atoms with van der Waals surface area (Å²) in [6.07, 6.45) is 0. The van der Waals surface area contributed by atoms with Crippen LogP contribution in [0.5, 0.6) is 5.75 Å². The number of carbonyl (C=O) groups excluding carboxylic acids is 1. The highest BCUT2D eigenvalue weighted by Gasteiger charge is 2.27. The van der Waals surface area contributed by atoms with Crippen LogP contribution in [0.15, 0.2) is 47.5 Å². The molecule has 3 rings (SSSR count). The number of thioether (sulfide) groups is 1. The zero-order valence-electron chi connectivity index (χ0n) is 19.5. The van der Waals surface area contributed by atoms with E-state index < -0.39 is 60.1 Å². The number of anilines is 1. The maximum Gasteiger partial charge on any atom is 0.332 e. The SMILES string of the molecule is [2H]c1cc([2H])c(-c2cc(F)c(NC(=O)C3=C(C(=O)O)CSC3)c(F)c2)c([2H])c1OC([2H])([2H])[2H]. The number of methoxy groups -OCH3 is 1. The van der Waals surface area contributed by atoms with Gasteiger partial charge in [0.25, 0.3) is 5.91 Å². The van der Waals surface area contributed by atoms with Gasteiger partial charge in [-0.05, 0) is 35.3 Å². The lowest BCUT2D eigenvalue weighted by Gasteiger charge is -2.11. The predicted molar refractivity (Wildman–Crippen MR) is 99.0 cm³/mol. The van der Waals surface area contributed by atoms with Crippen molar-refractivity contribution in [1.82, 2.24) is 0 Å². The van der Waals surface area contributed by atoms with Crippen LogP contribution in [0.25, 0.3) is 11.1 Å². The topological polar surface area (TPSA) is 75.6 Å². The summed E-state index contributed by atoms with van der Waals surface area (Å²) in [4.78, 5) is 23.6. The molecule has 2 N–H and O–H groups in total. The van der Waals surface area contributed by atoms with Crippen LogP contribution in [0, 0.1) is 11.6 Å². The zero-order chi connectivity index (χ0) is 24.7. The van der Waals surface area contributed by atoms with Crippen molar-refractivity contribution in [3.05, 3.63) is 59.1 Å². The minimum Gasteiger partial charge on any atom is -0.497 e. The van der Waals surface area contributed by atoms with E-state index in [0.717, 1.165) is 30.0 Å². The van der Waals surface area contributed by atoms with E-state index in [1.165, 1.54) is 0 Å². The molecule has 1 heterocycles. The monoisotopic (exact) mass is 397 g/mol. The number of hydrogen-bond donors (Lipinski definition) is 2. The molecule has 1 aliphatic heterocycles. The van der Waals surface area contributed by atoms with Gasteiger partial charge >= 0.3 is 5.97 Å². The van der Waals surface area contributed by atoms with E-state index in [-0.39, 0.29) is 33.8 Å². The van der Waals surface area contributed by atoms with Crippen molar-refractivity contribution in [2.45, 2.75) is 0 Å².